The summed E-state index contributed by atoms with van der Waals surface area (Å²) in [5.41, 5.74) is 1.98. The molecule has 1 rings (SSSR count). The second-order valence-electron chi connectivity index (χ2n) is 6.24. The van der Waals surface area contributed by atoms with Gasteiger partial charge in [0.05, 0.1) is 6.10 Å². The van der Waals surface area contributed by atoms with Crippen molar-refractivity contribution in [1.29, 1.82) is 0 Å². The molecular weight excluding hydrogens is 294 g/mol. The first kappa shape index (κ1) is 19.5. The highest BCUT2D eigenvalue weighted by Crippen LogP contribution is 2.22. The predicted molar refractivity (Wildman–Crippen MR) is 96.6 cm³/mol. The Labute approximate surface area is 141 Å². The molecule has 1 aromatic carbocycles. The number of hydrogen-bond acceptors (Lipinski definition) is 2. The van der Waals surface area contributed by atoms with Crippen molar-refractivity contribution in [3.8, 4) is 0 Å². The normalized spacial score (nSPS) is 12.8. The minimum atomic E-state index is -0.457. The van der Waals surface area contributed by atoms with Crippen LogP contribution in [0.3, 0.4) is 0 Å². The number of halogens is 1. The molecular formula is C19H32ClNO. The highest BCUT2D eigenvalue weighted by atomic mass is 35.5. The van der Waals surface area contributed by atoms with Crippen molar-refractivity contribution in [3.05, 3.63) is 34.3 Å². The number of unbranched alkanes of at least 4 members (excludes halogenated alkanes) is 4. The van der Waals surface area contributed by atoms with Crippen molar-refractivity contribution in [2.45, 2.75) is 65.4 Å². The van der Waals surface area contributed by atoms with Crippen LogP contribution in [0.1, 0.15) is 69.6 Å². The Morgan fingerprint density at radius 3 is 2.14 bits per heavy atom. The second-order valence-corrected chi connectivity index (χ2v) is 6.65. The van der Waals surface area contributed by atoms with Gasteiger partial charge in [0.2, 0.25) is 0 Å². The third kappa shape index (κ3) is 7.13. The van der Waals surface area contributed by atoms with Gasteiger partial charge in [0.15, 0.2) is 0 Å². The smallest absolute Gasteiger partial charge is 0.0917 e. The third-order valence-electron chi connectivity index (χ3n) is 4.17. The molecule has 0 saturated heterocycles. The number of benzene rings is 1. The van der Waals surface area contributed by atoms with E-state index in [4.69, 9.17) is 11.6 Å². The fraction of sp³-hybridized carbons (Fsp3) is 0.684. The summed E-state index contributed by atoms with van der Waals surface area (Å²) in [6.07, 6.45) is 6.96. The van der Waals surface area contributed by atoms with E-state index < -0.39 is 6.10 Å². The zero-order valence-corrected chi connectivity index (χ0v) is 15.2. The van der Waals surface area contributed by atoms with Gasteiger partial charge < -0.3 is 10.0 Å². The number of aliphatic hydroxyl groups excluding tert-OH is 1. The van der Waals surface area contributed by atoms with Gasteiger partial charge in [-0.2, -0.15) is 0 Å². The van der Waals surface area contributed by atoms with Crippen molar-refractivity contribution in [1.82, 2.24) is 4.90 Å². The quantitative estimate of drug-likeness (QED) is 0.553. The van der Waals surface area contributed by atoms with Gasteiger partial charge in [0, 0.05) is 11.6 Å². The molecule has 0 radical (unpaired) electrons. The van der Waals surface area contributed by atoms with E-state index in [-0.39, 0.29) is 0 Å². The third-order valence-corrected chi connectivity index (χ3v) is 4.57. The number of aryl methyl sites for hydroxylation is 1. The van der Waals surface area contributed by atoms with Crippen molar-refractivity contribution in [2.24, 2.45) is 0 Å². The molecule has 1 aromatic rings. The van der Waals surface area contributed by atoms with E-state index in [9.17, 15) is 5.11 Å². The number of aliphatic hydroxyl groups is 1. The Balaban J connectivity index is 2.58. The second kappa shape index (κ2) is 11.0. The zero-order chi connectivity index (χ0) is 16.4. The van der Waals surface area contributed by atoms with Crippen LogP contribution in [0, 0.1) is 6.92 Å². The number of hydrogen-bond donors (Lipinski definition) is 1. The van der Waals surface area contributed by atoms with Crippen molar-refractivity contribution < 1.29 is 5.11 Å². The molecule has 0 aromatic heterocycles. The van der Waals surface area contributed by atoms with Gasteiger partial charge in [-0.25, -0.2) is 0 Å². The van der Waals surface area contributed by atoms with E-state index in [0.717, 1.165) is 29.2 Å². The average Bonchev–Trinajstić information content (AvgIpc) is 2.50. The Bertz CT molecular complexity index is 412. The first-order valence-corrected chi connectivity index (χ1v) is 9.12. The minimum absolute atomic E-state index is 0.457. The van der Waals surface area contributed by atoms with E-state index >= 15 is 0 Å². The number of nitrogens with zero attached hydrogens (tertiary/aromatic N) is 1. The maximum absolute atomic E-state index is 10.5. The van der Waals surface area contributed by atoms with Crippen molar-refractivity contribution >= 4 is 11.6 Å². The van der Waals surface area contributed by atoms with Crippen LogP contribution in [0.15, 0.2) is 18.2 Å². The molecule has 0 spiro atoms. The molecule has 0 amide bonds. The van der Waals surface area contributed by atoms with Gasteiger partial charge >= 0.3 is 0 Å². The molecule has 1 atom stereocenters. The highest BCUT2D eigenvalue weighted by Gasteiger charge is 2.14. The molecule has 0 fully saturated rings. The fourth-order valence-electron chi connectivity index (χ4n) is 2.63. The van der Waals surface area contributed by atoms with Gasteiger partial charge in [0.25, 0.3) is 0 Å². The van der Waals surface area contributed by atoms with E-state index in [1.807, 2.05) is 25.1 Å². The van der Waals surface area contributed by atoms with Crippen LogP contribution < -0.4 is 0 Å². The summed E-state index contributed by atoms with van der Waals surface area (Å²) >= 11 is 6.17. The molecule has 0 aliphatic rings. The lowest BCUT2D eigenvalue weighted by atomic mass is 10.1. The maximum atomic E-state index is 10.5. The van der Waals surface area contributed by atoms with Crippen LogP contribution in [0.25, 0.3) is 0 Å². The number of rotatable bonds is 11. The first-order chi connectivity index (χ1) is 10.6. The van der Waals surface area contributed by atoms with Crippen molar-refractivity contribution in [2.75, 3.05) is 19.6 Å². The zero-order valence-electron chi connectivity index (χ0n) is 14.4. The van der Waals surface area contributed by atoms with Gasteiger partial charge in [0.1, 0.15) is 0 Å². The Morgan fingerprint density at radius 2 is 1.64 bits per heavy atom. The maximum Gasteiger partial charge on any atom is 0.0917 e. The summed E-state index contributed by atoms with van der Waals surface area (Å²) < 4.78 is 0. The Kier molecular flexibility index (Phi) is 9.77. The minimum Gasteiger partial charge on any atom is -0.387 e. The topological polar surface area (TPSA) is 23.5 Å². The fourth-order valence-corrected chi connectivity index (χ4v) is 2.82. The lowest BCUT2D eigenvalue weighted by Gasteiger charge is -2.25. The molecule has 126 valence electrons. The van der Waals surface area contributed by atoms with Crippen LogP contribution in [0.2, 0.25) is 5.02 Å². The van der Waals surface area contributed by atoms with Crippen molar-refractivity contribution in [3.63, 3.8) is 0 Å². The summed E-state index contributed by atoms with van der Waals surface area (Å²) in [5.74, 6) is 0. The van der Waals surface area contributed by atoms with Gasteiger partial charge in [-0.15, -0.1) is 0 Å². The Morgan fingerprint density at radius 1 is 1.05 bits per heavy atom. The van der Waals surface area contributed by atoms with Gasteiger partial charge in [-0.3, -0.25) is 0 Å². The van der Waals surface area contributed by atoms with Gasteiger partial charge in [-0.1, -0.05) is 63.3 Å². The van der Waals surface area contributed by atoms with E-state index in [2.05, 4.69) is 18.7 Å². The summed E-state index contributed by atoms with van der Waals surface area (Å²) in [6.45, 7) is 9.30. The monoisotopic (exact) mass is 325 g/mol. The summed E-state index contributed by atoms with van der Waals surface area (Å²) in [6, 6.07) is 5.87. The molecule has 0 unspecified atom stereocenters. The van der Waals surface area contributed by atoms with Gasteiger partial charge in [-0.05, 0) is 50.0 Å². The average molecular weight is 326 g/mol. The molecule has 2 nitrogen and oxygen atoms in total. The summed E-state index contributed by atoms with van der Waals surface area (Å²) in [4.78, 5) is 2.41. The molecule has 0 aliphatic heterocycles. The molecule has 3 heteroatoms. The first-order valence-electron chi connectivity index (χ1n) is 8.75. The lowest BCUT2D eigenvalue weighted by Crippen LogP contribution is -2.31. The van der Waals surface area contributed by atoms with E-state index in [1.165, 1.54) is 38.5 Å². The predicted octanol–water partition coefficient (Wildman–Crippen LogP) is 5.36. The Hall–Kier alpha value is -0.570. The molecule has 0 heterocycles. The standard InChI is InChI=1S/C19H32ClNO/c1-4-6-8-12-21(13-9-7-5-2)15-19(22)17-11-10-16(3)18(20)14-17/h10-11,14,19,22H,4-9,12-13,15H2,1-3H3/t19-/m0/s1. The molecule has 22 heavy (non-hydrogen) atoms. The molecule has 0 aliphatic carbocycles. The summed E-state index contributed by atoms with van der Waals surface area (Å²) in [5, 5.41) is 11.3. The lowest BCUT2D eigenvalue weighted by molar-refractivity contribution is 0.110. The van der Waals surface area contributed by atoms with Crippen LogP contribution in [-0.2, 0) is 0 Å². The van der Waals surface area contributed by atoms with Crippen LogP contribution in [0.5, 0.6) is 0 Å². The molecule has 0 saturated carbocycles. The SMILES string of the molecule is CCCCCN(CCCCC)C[C@H](O)c1ccc(C)c(Cl)c1. The van der Waals surface area contributed by atoms with Crippen LogP contribution in [-0.4, -0.2) is 29.6 Å². The summed E-state index contributed by atoms with van der Waals surface area (Å²) in [7, 11) is 0. The largest absolute Gasteiger partial charge is 0.387 e. The highest BCUT2D eigenvalue weighted by molar-refractivity contribution is 6.31. The van der Waals surface area contributed by atoms with E-state index in [0.29, 0.717) is 6.54 Å². The molecule has 0 bridgehead atoms. The van der Waals surface area contributed by atoms with Crippen LogP contribution in [0.4, 0.5) is 0 Å². The van der Waals surface area contributed by atoms with E-state index in [1.54, 1.807) is 0 Å². The van der Waals surface area contributed by atoms with Crippen LogP contribution >= 0.6 is 11.6 Å². The molecule has 1 N–H and O–H groups in total.